The summed E-state index contributed by atoms with van der Waals surface area (Å²) in [5.74, 6) is 1.68. The Morgan fingerprint density at radius 2 is 1.81 bits per heavy atom. The maximum Gasteiger partial charge on any atom is 0.353 e. The summed E-state index contributed by atoms with van der Waals surface area (Å²) in [6.45, 7) is 0.143. The minimum Gasteiger partial charge on any atom is -0.454 e. The van der Waals surface area contributed by atoms with E-state index in [2.05, 4.69) is 25.6 Å². The topological polar surface area (TPSA) is 124 Å². The smallest absolute Gasteiger partial charge is 0.353 e. The Labute approximate surface area is 147 Å². The average molecular weight is 352 g/mol. The summed E-state index contributed by atoms with van der Waals surface area (Å²) >= 11 is 0. The van der Waals surface area contributed by atoms with Crippen LogP contribution < -0.4 is 20.1 Å². The van der Waals surface area contributed by atoms with E-state index >= 15 is 0 Å². The zero-order valence-electron chi connectivity index (χ0n) is 13.2. The van der Waals surface area contributed by atoms with E-state index in [1.165, 1.54) is 6.33 Å². The maximum absolute atomic E-state index is 11.6. The zero-order valence-corrected chi connectivity index (χ0v) is 13.2. The van der Waals surface area contributed by atoms with Crippen LogP contribution in [0.5, 0.6) is 11.5 Å². The highest BCUT2D eigenvalue weighted by molar-refractivity contribution is 5.76. The van der Waals surface area contributed by atoms with E-state index in [1.807, 2.05) is 0 Å². The van der Waals surface area contributed by atoms with Crippen molar-refractivity contribution in [3.63, 3.8) is 0 Å². The van der Waals surface area contributed by atoms with Crippen LogP contribution in [-0.4, -0.2) is 26.7 Å². The van der Waals surface area contributed by atoms with Crippen molar-refractivity contribution >= 4 is 28.8 Å². The van der Waals surface area contributed by atoms with Crippen LogP contribution in [-0.2, 0) is 0 Å². The molecule has 130 valence electrons. The fourth-order valence-corrected chi connectivity index (χ4v) is 2.40. The molecule has 26 heavy (non-hydrogen) atoms. The van der Waals surface area contributed by atoms with Crippen molar-refractivity contribution in [3.05, 3.63) is 59.0 Å². The SMILES string of the molecule is O=[N+]([O-])c1c(Nc2ccc3c(c2)OCO3)ncnc1Nc1ccccn1. The number of nitro groups is 1. The molecule has 2 aromatic heterocycles. The summed E-state index contributed by atoms with van der Waals surface area (Å²) in [4.78, 5) is 23.1. The van der Waals surface area contributed by atoms with Gasteiger partial charge in [0.25, 0.3) is 0 Å². The Balaban J connectivity index is 1.67. The van der Waals surface area contributed by atoms with E-state index in [0.717, 1.165) is 0 Å². The summed E-state index contributed by atoms with van der Waals surface area (Å²) in [5, 5.41) is 17.3. The van der Waals surface area contributed by atoms with E-state index in [1.54, 1.807) is 42.6 Å². The number of hydrogen-bond donors (Lipinski definition) is 2. The lowest BCUT2D eigenvalue weighted by atomic mass is 10.2. The number of anilines is 4. The highest BCUT2D eigenvalue weighted by atomic mass is 16.7. The predicted octanol–water partition coefficient (Wildman–Crippen LogP) is 3.00. The third-order valence-electron chi connectivity index (χ3n) is 3.55. The maximum atomic E-state index is 11.6. The lowest BCUT2D eigenvalue weighted by Gasteiger charge is -2.10. The number of ether oxygens (including phenoxy) is 2. The largest absolute Gasteiger partial charge is 0.454 e. The number of nitrogens with zero attached hydrogens (tertiary/aromatic N) is 4. The van der Waals surface area contributed by atoms with Crippen molar-refractivity contribution in [1.29, 1.82) is 0 Å². The molecule has 1 aliphatic heterocycles. The second kappa shape index (κ2) is 6.51. The lowest BCUT2D eigenvalue weighted by Crippen LogP contribution is -2.06. The van der Waals surface area contributed by atoms with Gasteiger partial charge in [-0.15, -0.1) is 0 Å². The molecule has 10 heteroatoms. The van der Waals surface area contributed by atoms with Gasteiger partial charge in [-0.2, -0.15) is 0 Å². The van der Waals surface area contributed by atoms with Gasteiger partial charge >= 0.3 is 5.69 Å². The van der Waals surface area contributed by atoms with E-state index in [0.29, 0.717) is 23.0 Å². The first-order chi connectivity index (χ1) is 12.7. The molecule has 1 aliphatic rings. The molecule has 0 saturated carbocycles. The first-order valence-corrected chi connectivity index (χ1v) is 7.55. The van der Waals surface area contributed by atoms with Crippen molar-refractivity contribution in [2.24, 2.45) is 0 Å². The molecular formula is C16H12N6O4. The molecule has 0 amide bonds. The fourth-order valence-electron chi connectivity index (χ4n) is 2.40. The van der Waals surface area contributed by atoms with Gasteiger partial charge in [-0.25, -0.2) is 15.0 Å². The molecule has 0 aliphatic carbocycles. The summed E-state index contributed by atoms with van der Waals surface area (Å²) < 4.78 is 10.6. The number of benzene rings is 1. The standard InChI is InChI=1S/C16H12N6O4/c23-22(24)14-15(20-10-4-5-11-12(7-10)26-9-25-11)18-8-19-16(14)21-13-3-1-2-6-17-13/h1-8H,9H2,(H2,17,18,19,20,21). The Kier molecular flexibility index (Phi) is 3.90. The van der Waals surface area contributed by atoms with Crippen LogP contribution in [0.2, 0.25) is 0 Å². The molecule has 0 saturated heterocycles. The van der Waals surface area contributed by atoms with Crippen molar-refractivity contribution in [3.8, 4) is 11.5 Å². The number of fused-ring (bicyclic) bond motifs is 1. The molecule has 0 atom stereocenters. The third-order valence-corrected chi connectivity index (χ3v) is 3.55. The molecular weight excluding hydrogens is 340 g/mol. The van der Waals surface area contributed by atoms with Crippen LogP contribution in [0.4, 0.5) is 28.8 Å². The van der Waals surface area contributed by atoms with E-state index in [9.17, 15) is 10.1 Å². The Morgan fingerprint density at radius 1 is 1.00 bits per heavy atom. The molecule has 0 fully saturated rings. The summed E-state index contributed by atoms with van der Waals surface area (Å²) in [5.41, 5.74) is 0.274. The number of hydrogen-bond acceptors (Lipinski definition) is 9. The second-order valence-electron chi connectivity index (χ2n) is 5.21. The predicted molar refractivity (Wildman–Crippen MR) is 92.1 cm³/mol. The molecule has 3 aromatic rings. The van der Waals surface area contributed by atoms with Crippen LogP contribution in [0.3, 0.4) is 0 Å². The zero-order chi connectivity index (χ0) is 17.9. The van der Waals surface area contributed by atoms with Crippen molar-refractivity contribution in [2.45, 2.75) is 0 Å². The minimum atomic E-state index is -0.555. The number of aromatic nitrogens is 3. The number of nitrogens with one attached hydrogen (secondary N) is 2. The third kappa shape index (κ3) is 3.02. The summed E-state index contributed by atoms with van der Waals surface area (Å²) in [7, 11) is 0. The first-order valence-electron chi connectivity index (χ1n) is 7.55. The first kappa shape index (κ1) is 15.6. The highest BCUT2D eigenvalue weighted by Gasteiger charge is 2.24. The Morgan fingerprint density at radius 3 is 2.58 bits per heavy atom. The van der Waals surface area contributed by atoms with Crippen molar-refractivity contribution in [2.75, 3.05) is 17.4 Å². The van der Waals surface area contributed by atoms with Gasteiger partial charge in [0.2, 0.25) is 18.4 Å². The van der Waals surface area contributed by atoms with Crippen molar-refractivity contribution in [1.82, 2.24) is 15.0 Å². The van der Waals surface area contributed by atoms with E-state index in [4.69, 9.17) is 9.47 Å². The van der Waals surface area contributed by atoms with Gasteiger partial charge < -0.3 is 20.1 Å². The minimum absolute atomic E-state index is 0.0342. The molecule has 10 nitrogen and oxygen atoms in total. The normalized spacial score (nSPS) is 11.8. The van der Waals surface area contributed by atoms with Gasteiger partial charge in [0.1, 0.15) is 12.1 Å². The van der Waals surface area contributed by atoms with Gasteiger partial charge in [0.15, 0.2) is 11.5 Å². The highest BCUT2D eigenvalue weighted by Crippen LogP contribution is 2.37. The molecule has 4 rings (SSSR count). The molecule has 3 heterocycles. The molecule has 0 bridgehead atoms. The van der Waals surface area contributed by atoms with Gasteiger partial charge in [0.05, 0.1) is 4.92 Å². The Bertz CT molecular complexity index is 966. The van der Waals surface area contributed by atoms with Gasteiger partial charge in [-0.3, -0.25) is 10.1 Å². The molecule has 2 N–H and O–H groups in total. The van der Waals surface area contributed by atoms with E-state index < -0.39 is 4.92 Å². The summed E-state index contributed by atoms with van der Waals surface area (Å²) in [6.07, 6.45) is 2.80. The quantitative estimate of drug-likeness (QED) is 0.526. The molecule has 1 aromatic carbocycles. The van der Waals surface area contributed by atoms with Crippen LogP contribution in [0.1, 0.15) is 0 Å². The average Bonchev–Trinajstić information content (AvgIpc) is 3.10. The van der Waals surface area contributed by atoms with Crippen LogP contribution in [0.15, 0.2) is 48.9 Å². The number of pyridine rings is 1. The molecule has 0 unspecified atom stereocenters. The van der Waals surface area contributed by atoms with Crippen molar-refractivity contribution < 1.29 is 14.4 Å². The van der Waals surface area contributed by atoms with Crippen LogP contribution >= 0.6 is 0 Å². The fraction of sp³-hybridized carbons (Fsp3) is 0.0625. The Hall–Kier alpha value is -3.95. The van der Waals surface area contributed by atoms with Gasteiger partial charge in [0, 0.05) is 18.0 Å². The monoisotopic (exact) mass is 352 g/mol. The number of rotatable bonds is 5. The van der Waals surface area contributed by atoms with E-state index in [-0.39, 0.29) is 24.1 Å². The van der Waals surface area contributed by atoms with Crippen LogP contribution in [0, 0.1) is 10.1 Å². The second-order valence-corrected chi connectivity index (χ2v) is 5.21. The van der Waals surface area contributed by atoms with Gasteiger partial charge in [-0.05, 0) is 24.3 Å². The summed E-state index contributed by atoms with van der Waals surface area (Å²) in [6, 6.07) is 10.3. The van der Waals surface area contributed by atoms with Crippen LogP contribution in [0.25, 0.3) is 0 Å². The lowest BCUT2D eigenvalue weighted by molar-refractivity contribution is -0.383. The molecule has 0 spiro atoms. The van der Waals surface area contributed by atoms with Gasteiger partial charge in [-0.1, -0.05) is 6.07 Å². The molecule has 0 radical (unpaired) electrons.